The average molecular weight is 310 g/mol. The molecule has 2 heterocycles. The Morgan fingerprint density at radius 3 is 2.71 bits per heavy atom. The van der Waals surface area contributed by atoms with E-state index in [1.807, 2.05) is 0 Å². The number of rotatable bonds is 5. The van der Waals surface area contributed by atoms with Crippen molar-refractivity contribution in [2.45, 2.75) is 0 Å². The number of carboxylic acid groups (broad SMARTS) is 1. The van der Waals surface area contributed by atoms with Crippen LogP contribution in [-0.2, 0) is 9.59 Å². The topological polar surface area (TPSA) is 135 Å². The minimum atomic E-state index is -1.32. The van der Waals surface area contributed by atoms with Crippen LogP contribution in [-0.4, -0.2) is 50.3 Å². The van der Waals surface area contributed by atoms with Gasteiger partial charge < -0.3 is 15.7 Å². The molecule has 2 amide bonds. The summed E-state index contributed by atoms with van der Waals surface area (Å²) in [6.45, 7) is -1.34. The summed E-state index contributed by atoms with van der Waals surface area (Å²) in [5.74, 6) is -3.11. The first kappa shape index (κ1) is 14.7. The molecule has 0 saturated heterocycles. The largest absolute Gasteiger partial charge is 0.480 e. The molecule has 0 spiro atoms. The van der Waals surface area contributed by atoms with Crippen LogP contribution in [0.3, 0.4) is 0 Å². The highest BCUT2D eigenvalue weighted by molar-refractivity contribution is 7.15. The van der Waals surface area contributed by atoms with Gasteiger partial charge in [0.15, 0.2) is 4.96 Å². The number of fused-ring (bicyclic) bond motifs is 1. The number of nitrogens with two attached hydrogens (primary N) is 1. The zero-order chi connectivity index (χ0) is 15.6. The maximum Gasteiger partial charge on any atom is 0.323 e. The first-order chi connectivity index (χ1) is 9.90. The fourth-order valence-electron chi connectivity index (χ4n) is 1.69. The van der Waals surface area contributed by atoms with E-state index in [1.54, 1.807) is 5.38 Å². The van der Waals surface area contributed by atoms with Crippen molar-refractivity contribution < 1.29 is 19.5 Å². The molecule has 2 aromatic heterocycles. The Labute approximate surface area is 121 Å². The molecule has 9 nitrogen and oxygen atoms in total. The molecule has 21 heavy (non-hydrogen) atoms. The second-order valence-corrected chi connectivity index (χ2v) is 4.93. The second-order valence-electron chi connectivity index (χ2n) is 4.05. The van der Waals surface area contributed by atoms with Crippen molar-refractivity contribution in [2.24, 2.45) is 5.73 Å². The van der Waals surface area contributed by atoms with Crippen molar-refractivity contribution in [3.8, 4) is 0 Å². The van der Waals surface area contributed by atoms with E-state index in [0.29, 0.717) is 9.86 Å². The third kappa shape index (κ3) is 3.05. The number of aliphatic carboxylic acids is 1. The number of thiazole rings is 1. The summed E-state index contributed by atoms with van der Waals surface area (Å²) in [5, 5.41) is 10.4. The maximum atomic E-state index is 12.2. The quantitative estimate of drug-likeness (QED) is 0.709. The van der Waals surface area contributed by atoms with Crippen LogP contribution in [0.5, 0.6) is 0 Å². The summed E-state index contributed by atoms with van der Waals surface area (Å²) in [4.78, 5) is 51.0. The van der Waals surface area contributed by atoms with Crippen LogP contribution in [0.15, 0.2) is 22.6 Å². The lowest BCUT2D eigenvalue weighted by Crippen LogP contribution is -2.43. The molecular weight excluding hydrogens is 300 g/mol. The Kier molecular flexibility index (Phi) is 3.98. The molecule has 0 aromatic carbocycles. The predicted molar refractivity (Wildman–Crippen MR) is 72.1 cm³/mol. The zero-order valence-corrected chi connectivity index (χ0v) is 11.4. The molecule has 0 aliphatic carbocycles. The zero-order valence-electron chi connectivity index (χ0n) is 10.6. The van der Waals surface area contributed by atoms with Crippen LogP contribution >= 0.6 is 11.3 Å². The van der Waals surface area contributed by atoms with Gasteiger partial charge in [0.25, 0.3) is 11.5 Å². The van der Waals surface area contributed by atoms with Crippen molar-refractivity contribution in [3.63, 3.8) is 0 Å². The molecule has 0 aliphatic rings. The van der Waals surface area contributed by atoms with E-state index in [-0.39, 0.29) is 5.56 Å². The molecule has 0 aliphatic heterocycles. The van der Waals surface area contributed by atoms with Crippen molar-refractivity contribution in [1.82, 2.24) is 14.3 Å². The van der Waals surface area contributed by atoms with Crippen molar-refractivity contribution in [3.05, 3.63) is 33.7 Å². The van der Waals surface area contributed by atoms with Gasteiger partial charge in [-0.3, -0.25) is 23.6 Å². The van der Waals surface area contributed by atoms with E-state index in [2.05, 4.69) is 4.98 Å². The molecule has 2 rings (SSSR count). The van der Waals surface area contributed by atoms with Crippen molar-refractivity contribution in [2.75, 3.05) is 13.1 Å². The van der Waals surface area contributed by atoms with Gasteiger partial charge in [0.05, 0.1) is 0 Å². The van der Waals surface area contributed by atoms with Gasteiger partial charge in [0, 0.05) is 17.8 Å². The highest BCUT2D eigenvalue weighted by atomic mass is 32.1. The highest BCUT2D eigenvalue weighted by Gasteiger charge is 2.23. The normalized spacial score (nSPS) is 10.5. The lowest BCUT2D eigenvalue weighted by Gasteiger charge is -2.18. The summed E-state index contributed by atoms with van der Waals surface area (Å²) >= 11 is 1.21. The van der Waals surface area contributed by atoms with Crippen molar-refractivity contribution >= 4 is 34.1 Å². The monoisotopic (exact) mass is 310 g/mol. The second kappa shape index (κ2) is 5.71. The third-order valence-corrected chi connectivity index (χ3v) is 3.30. The first-order valence-electron chi connectivity index (χ1n) is 5.64. The van der Waals surface area contributed by atoms with Crippen LogP contribution < -0.4 is 11.3 Å². The Balaban J connectivity index is 2.42. The van der Waals surface area contributed by atoms with Crippen LogP contribution in [0, 0.1) is 0 Å². The van der Waals surface area contributed by atoms with Gasteiger partial charge in [-0.1, -0.05) is 0 Å². The lowest BCUT2D eigenvalue weighted by molar-refractivity contribution is -0.138. The molecule has 110 valence electrons. The summed E-state index contributed by atoms with van der Waals surface area (Å²) < 4.78 is 1.17. The Morgan fingerprint density at radius 2 is 2.10 bits per heavy atom. The lowest BCUT2D eigenvalue weighted by atomic mass is 10.2. The number of carbonyl (C=O) groups is 3. The van der Waals surface area contributed by atoms with Gasteiger partial charge in [-0.25, -0.2) is 4.98 Å². The molecule has 2 aromatic rings. The van der Waals surface area contributed by atoms with Gasteiger partial charge in [0.1, 0.15) is 18.7 Å². The van der Waals surface area contributed by atoms with Crippen LogP contribution in [0.25, 0.3) is 4.96 Å². The van der Waals surface area contributed by atoms with E-state index in [1.165, 1.54) is 21.9 Å². The number of hydrogen-bond donors (Lipinski definition) is 2. The van der Waals surface area contributed by atoms with Crippen LogP contribution in [0.4, 0.5) is 0 Å². The van der Waals surface area contributed by atoms with Gasteiger partial charge in [-0.05, 0) is 0 Å². The van der Waals surface area contributed by atoms with E-state index in [4.69, 9.17) is 10.8 Å². The SMILES string of the molecule is NC(=O)CN(CC(=O)O)C(=O)c1cnc2sccn2c1=O. The molecule has 0 atom stereocenters. The Hall–Kier alpha value is -2.75. The summed E-state index contributed by atoms with van der Waals surface area (Å²) in [6.07, 6.45) is 2.51. The molecule has 3 N–H and O–H groups in total. The molecule has 0 bridgehead atoms. The number of nitrogens with zero attached hydrogens (tertiary/aromatic N) is 3. The highest BCUT2D eigenvalue weighted by Crippen LogP contribution is 2.07. The van der Waals surface area contributed by atoms with Gasteiger partial charge in [-0.15, -0.1) is 11.3 Å². The van der Waals surface area contributed by atoms with E-state index in [0.717, 1.165) is 6.20 Å². The van der Waals surface area contributed by atoms with E-state index < -0.39 is 36.4 Å². The molecule has 0 saturated carbocycles. The number of hydrogen-bond acceptors (Lipinski definition) is 6. The minimum Gasteiger partial charge on any atom is -0.480 e. The summed E-state index contributed by atoms with van der Waals surface area (Å²) in [5.41, 5.74) is 4.02. The number of primary amides is 1. The van der Waals surface area contributed by atoms with E-state index in [9.17, 15) is 19.2 Å². The molecule has 0 fully saturated rings. The average Bonchev–Trinajstić information content (AvgIpc) is 2.86. The van der Waals surface area contributed by atoms with Gasteiger partial charge >= 0.3 is 5.97 Å². The minimum absolute atomic E-state index is 0.326. The number of carboxylic acids is 1. The maximum absolute atomic E-state index is 12.2. The Bertz CT molecular complexity index is 764. The Morgan fingerprint density at radius 1 is 1.38 bits per heavy atom. The predicted octanol–water partition coefficient (Wildman–Crippen LogP) is -1.23. The number of carbonyl (C=O) groups excluding carboxylic acids is 2. The van der Waals surface area contributed by atoms with Gasteiger partial charge in [-0.2, -0.15) is 0 Å². The summed E-state index contributed by atoms with van der Waals surface area (Å²) in [6, 6.07) is 0. The van der Waals surface area contributed by atoms with Crippen LogP contribution in [0.2, 0.25) is 0 Å². The number of amides is 2. The molecular formula is C11H10N4O5S. The fraction of sp³-hybridized carbons (Fsp3) is 0.182. The third-order valence-electron chi connectivity index (χ3n) is 2.53. The van der Waals surface area contributed by atoms with Crippen molar-refractivity contribution in [1.29, 1.82) is 0 Å². The molecule has 0 unspecified atom stereocenters. The first-order valence-corrected chi connectivity index (χ1v) is 6.52. The standard InChI is InChI=1S/C11H10N4O5S/c12-7(16)4-14(5-8(17)18)9(19)6-3-13-11-15(10(6)20)1-2-21-11/h1-3H,4-5H2,(H2,12,16)(H,17,18). The van der Waals surface area contributed by atoms with E-state index >= 15 is 0 Å². The number of aromatic nitrogens is 2. The fourth-order valence-corrected chi connectivity index (χ4v) is 2.37. The smallest absolute Gasteiger partial charge is 0.323 e. The summed E-state index contributed by atoms with van der Waals surface area (Å²) in [7, 11) is 0. The molecule has 10 heteroatoms. The molecule has 0 radical (unpaired) electrons. The van der Waals surface area contributed by atoms with Gasteiger partial charge in [0.2, 0.25) is 5.91 Å². The van der Waals surface area contributed by atoms with Crippen LogP contribution in [0.1, 0.15) is 10.4 Å².